The minimum Gasteiger partial charge on any atom is -0.490 e. The van der Waals surface area contributed by atoms with Gasteiger partial charge in [-0.15, -0.1) is 0 Å². The molecule has 2 unspecified atom stereocenters. The first kappa shape index (κ1) is 14.2. The van der Waals surface area contributed by atoms with Crippen LogP contribution in [0.3, 0.4) is 0 Å². The molecular formula is C16H25NO2. The quantitative estimate of drug-likeness (QED) is 0.819. The van der Waals surface area contributed by atoms with Crippen molar-refractivity contribution < 1.29 is 9.47 Å². The van der Waals surface area contributed by atoms with Crippen molar-refractivity contribution in [3.8, 4) is 11.5 Å². The van der Waals surface area contributed by atoms with E-state index < -0.39 is 0 Å². The maximum atomic E-state index is 5.89. The highest BCUT2D eigenvalue weighted by molar-refractivity contribution is 5.39. The molecule has 1 aromatic carbocycles. The second kappa shape index (κ2) is 7.39. The summed E-state index contributed by atoms with van der Waals surface area (Å²) in [5.41, 5.74) is 0. The number of para-hydroxylation sites is 2. The number of benzene rings is 1. The summed E-state index contributed by atoms with van der Waals surface area (Å²) in [6, 6.07) is 8.58. The van der Waals surface area contributed by atoms with E-state index in [9.17, 15) is 0 Å². The predicted molar refractivity (Wildman–Crippen MR) is 77.9 cm³/mol. The lowest BCUT2D eigenvalue weighted by Crippen LogP contribution is -2.29. The van der Waals surface area contributed by atoms with E-state index in [4.69, 9.17) is 9.47 Å². The molecule has 0 saturated heterocycles. The minimum absolute atomic E-state index is 0.671. The summed E-state index contributed by atoms with van der Waals surface area (Å²) in [6.07, 6.45) is 5.08. The molecule has 106 valence electrons. The fraction of sp³-hybridized carbons (Fsp3) is 0.625. The standard InChI is InChI=1S/C16H25NO2/c1-3-18-15-9-4-5-10-16(15)19-12-11-13-7-6-8-14(13)17-2/h4-5,9-10,13-14,17H,3,6-8,11-12H2,1-2H3. The third-order valence-corrected chi connectivity index (χ3v) is 3.93. The first-order chi connectivity index (χ1) is 9.35. The van der Waals surface area contributed by atoms with Gasteiger partial charge in [0.25, 0.3) is 0 Å². The number of hydrogen-bond acceptors (Lipinski definition) is 3. The van der Waals surface area contributed by atoms with Crippen LogP contribution in [0.5, 0.6) is 11.5 Å². The molecule has 0 radical (unpaired) electrons. The van der Waals surface area contributed by atoms with Crippen molar-refractivity contribution in [3.05, 3.63) is 24.3 Å². The van der Waals surface area contributed by atoms with Gasteiger partial charge in [0.1, 0.15) is 0 Å². The first-order valence-corrected chi connectivity index (χ1v) is 7.37. The van der Waals surface area contributed by atoms with Gasteiger partial charge in [-0.05, 0) is 51.3 Å². The van der Waals surface area contributed by atoms with E-state index in [2.05, 4.69) is 12.4 Å². The molecule has 0 bridgehead atoms. The van der Waals surface area contributed by atoms with Crippen LogP contribution in [-0.2, 0) is 0 Å². The van der Waals surface area contributed by atoms with Crippen LogP contribution in [0.25, 0.3) is 0 Å². The van der Waals surface area contributed by atoms with Crippen LogP contribution in [-0.4, -0.2) is 26.3 Å². The Morgan fingerprint density at radius 2 is 1.89 bits per heavy atom. The van der Waals surface area contributed by atoms with Gasteiger partial charge in [-0.1, -0.05) is 18.6 Å². The number of rotatable bonds is 7. The first-order valence-electron chi connectivity index (χ1n) is 7.37. The highest BCUT2D eigenvalue weighted by Gasteiger charge is 2.25. The van der Waals surface area contributed by atoms with Crippen LogP contribution < -0.4 is 14.8 Å². The molecular weight excluding hydrogens is 238 g/mol. The van der Waals surface area contributed by atoms with Crippen molar-refractivity contribution in [2.45, 2.75) is 38.6 Å². The summed E-state index contributed by atoms with van der Waals surface area (Å²) in [7, 11) is 2.06. The Balaban J connectivity index is 1.82. The predicted octanol–water partition coefficient (Wildman–Crippen LogP) is 3.24. The second-order valence-corrected chi connectivity index (χ2v) is 5.10. The molecule has 1 saturated carbocycles. The highest BCUT2D eigenvalue weighted by Crippen LogP contribution is 2.30. The summed E-state index contributed by atoms with van der Waals surface area (Å²) in [5, 5.41) is 3.41. The fourth-order valence-electron chi connectivity index (χ4n) is 2.93. The summed E-state index contributed by atoms with van der Waals surface area (Å²) in [4.78, 5) is 0. The van der Waals surface area contributed by atoms with Crippen LogP contribution >= 0.6 is 0 Å². The van der Waals surface area contributed by atoms with Crippen LogP contribution in [0.2, 0.25) is 0 Å². The van der Waals surface area contributed by atoms with Gasteiger partial charge in [0.2, 0.25) is 0 Å². The monoisotopic (exact) mass is 263 g/mol. The maximum absolute atomic E-state index is 5.89. The molecule has 0 spiro atoms. The third kappa shape index (κ3) is 3.87. The summed E-state index contributed by atoms with van der Waals surface area (Å²) in [5.74, 6) is 2.47. The zero-order chi connectivity index (χ0) is 13.5. The molecule has 0 aliphatic heterocycles. The molecule has 1 aliphatic rings. The molecule has 0 heterocycles. The molecule has 0 amide bonds. The van der Waals surface area contributed by atoms with Crippen LogP contribution in [0.1, 0.15) is 32.6 Å². The molecule has 1 N–H and O–H groups in total. The van der Waals surface area contributed by atoms with Gasteiger partial charge >= 0.3 is 0 Å². The lowest BCUT2D eigenvalue weighted by molar-refractivity contribution is 0.245. The molecule has 2 atom stereocenters. The number of nitrogens with one attached hydrogen (secondary N) is 1. The Morgan fingerprint density at radius 3 is 2.58 bits per heavy atom. The maximum Gasteiger partial charge on any atom is 0.161 e. The van der Waals surface area contributed by atoms with Gasteiger partial charge in [-0.2, -0.15) is 0 Å². The number of hydrogen-bond donors (Lipinski definition) is 1. The Hall–Kier alpha value is -1.22. The Kier molecular flexibility index (Phi) is 5.52. The van der Waals surface area contributed by atoms with Crippen LogP contribution in [0.15, 0.2) is 24.3 Å². The van der Waals surface area contributed by atoms with E-state index >= 15 is 0 Å². The second-order valence-electron chi connectivity index (χ2n) is 5.10. The fourth-order valence-corrected chi connectivity index (χ4v) is 2.93. The molecule has 0 aromatic heterocycles. The van der Waals surface area contributed by atoms with Crippen molar-refractivity contribution in [3.63, 3.8) is 0 Å². The Bertz CT molecular complexity index is 381. The average Bonchev–Trinajstić information content (AvgIpc) is 2.88. The van der Waals surface area contributed by atoms with Gasteiger partial charge in [-0.3, -0.25) is 0 Å². The molecule has 3 nitrogen and oxygen atoms in total. The Morgan fingerprint density at radius 1 is 1.16 bits per heavy atom. The zero-order valence-corrected chi connectivity index (χ0v) is 12.0. The van der Waals surface area contributed by atoms with Crippen LogP contribution in [0.4, 0.5) is 0 Å². The van der Waals surface area contributed by atoms with Crippen LogP contribution in [0, 0.1) is 5.92 Å². The largest absolute Gasteiger partial charge is 0.490 e. The topological polar surface area (TPSA) is 30.5 Å². The van der Waals surface area contributed by atoms with E-state index in [1.54, 1.807) is 0 Å². The normalized spacial score (nSPS) is 22.4. The molecule has 1 aromatic rings. The van der Waals surface area contributed by atoms with Gasteiger partial charge < -0.3 is 14.8 Å². The van der Waals surface area contributed by atoms with Crippen molar-refractivity contribution in [1.82, 2.24) is 5.32 Å². The average molecular weight is 263 g/mol. The zero-order valence-electron chi connectivity index (χ0n) is 12.0. The van der Waals surface area contributed by atoms with Crippen molar-refractivity contribution in [2.75, 3.05) is 20.3 Å². The SMILES string of the molecule is CCOc1ccccc1OCCC1CCCC1NC. The summed E-state index contributed by atoms with van der Waals surface area (Å²) >= 11 is 0. The molecule has 1 aliphatic carbocycles. The summed E-state index contributed by atoms with van der Waals surface area (Å²) in [6.45, 7) is 3.44. The van der Waals surface area contributed by atoms with Crippen molar-refractivity contribution in [2.24, 2.45) is 5.92 Å². The molecule has 19 heavy (non-hydrogen) atoms. The lowest BCUT2D eigenvalue weighted by atomic mass is 10.0. The summed E-state index contributed by atoms with van der Waals surface area (Å²) < 4.78 is 11.5. The lowest BCUT2D eigenvalue weighted by Gasteiger charge is -2.19. The van der Waals surface area contributed by atoms with Crippen molar-refractivity contribution >= 4 is 0 Å². The van der Waals surface area contributed by atoms with Gasteiger partial charge in [0.05, 0.1) is 13.2 Å². The minimum atomic E-state index is 0.671. The number of ether oxygens (including phenoxy) is 2. The molecule has 2 rings (SSSR count). The molecule has 1 fully saturated rings. The van der Waals surface area contributed by atoms with E-state index in [-0.39, 0.29) is 0 Å². The van der Waals surface area contributed by atoms with Gasteiger partial charge in [-0.25, -0.2) is 0 Å². The van der Waals surface area contributed by atoms with Crippen molar-refractivity contribution in [1.29, 1.82) is 0 Å². The van der Waals surface area contributed by atoms with E-state index in [0.29, 0.717) is 12.6 Å². The smallest absolute Gasteiger partial charge is 0.161 e. The van der Waals surface area contributed by atoms with E-state index in [1.807, 2.05) is 31.2 Å². The third-order valence-electron chi connectivity index (χ3n) is 3.93. The highest BCUT2D eigenvalue weighted by atomic mass is 16.5. The van der Waals surface area contributed by atoms with E-state index in [1.165, 1.54) is 19.3 Å². The molecule has 3 heteroatoms. The van der Waals surface area contributed by atoms with Gasteiger partial charge in [0.15, 0.2) is 11.5 Å². The van der Waals surface area contributed by atoms with E-state index in [0.717, 1.165) is 30.4 Å². The Labute approximate surface area is 116 Å². The van der Waals surface area contributed by atoms with Gasteiger partial charge in [0, 0.05) is 6.04 Å².